The number of benzene rings is 1. The third kappa shape index (κ3) is 3.21. The number of likely N-dealkylation sites (tertiary alicyclic amines) is 1. The molecule has 1 unspecified atom stereocenters. The van der Waals surface area contributed by atoms with E-state index in [1.54, 1.807) is 4.90 Å². The number of amides is 1. The fourth-order valence-electron chi connectivity index (χ4n) is 3.95. The molecule has 1 aliphatic rings. The summed E-state index contributed by atoms with van der Waals surface area (Å²) in [5, 5.41) is 10.8. The molecule has 1 aliphatic heterocycles. The summed E-state index contributed by atoms with van der Waals surface area (Å²) < 4.78 is 7.21. The first-order valence-electron chi connectivity index (χ1n) is 9.12. The maximum atomic E-state index is 13.3. The molecule has 1 N–H and O–H groups in total. The fourth-order valence-corrected chi connectivity index (χ4v) is 3.95. The van der Waals surface area contributed by atoms with Gasteiger partial charge in [-0.15, -0.1) is 0 Å². The molecule has 1 fully saturated rings. The van der Waals surface area contributed by atoms with E-state index in [0.29, 0.717) is 25.1 Å². The zero-order valence-electron chi connectivity index (χ0n) is 15.4. The molecule has 0 radical (unpaired) electrons. The standard InChI is InChI=1S/C20H26N2O4/c1-3-10-22-16-8-5-4-7-15(16)12-17(22)18(23)21-11-6-9-20(13-21,14-26-2)19(24)25/h4-5,7-8,12H,3,6,9-11,13-14H2,1-2H3,(H,24,25). The minimum absolute atomic E-state index is 0.101. The number of methoxy groups -OCH3 is 1. The lowest BCUT2D eigenvalue weighted by Gasteiger charge is -2.39. The van der Waals surface area contributed by atoms with Crippen molar-refractivity contribution < 1.29 is 19.4 Å². The van der Waals surface area contributed by atoms with Crippen LogP contribution >= 0.6 is 0 Å². The number of aromatic nitrogens is 1. The first-order valence-corrected chi connectivity index (χ1v) is 9.12. The first-order chi connectivity index (χ1) is 12.5. The molecule has 0 aliphatic carbocycles. The van der Waals surface area contributed by atoms with Crippen LogP contribution in [0.4, 0.5) is 0 Å². The van der Waals surface area contributed by atoms with Crippen LogP contribution < -0.4 is 0 Å². The quantitative estimate of drug-likeness (QED) is 0.862. The van der Waals surface area contributed by atoms with Crippen molar-refractivity contribution in [1.29, 1.82) is 0 Å². The van der Waals surface area contributed by atoms with E-state index in [-0.39, 0.29) is 19.1 Å². The van der Waals surface area contributed by atoms with Gasteiger partial charge in [0.1, 0.15) is 11.1 Å². The molecule has 1 aromatic carbocycles. The van der Waals surface area contributed by atoms with Crippen LogP contribution in [0, 0.1) is 5.41 Å². The van der Waals surface area contributed by atoms with Crippen molar-refractivity contribution in [2.45, 2.75) is 32.7 Å². The Hall–Kier alpha value is -2.34. The number of carboxylic acids is 1. The average molecular weight is 358 g/mol. The Morgan fingerprint density at radius 2 is 2.08 bits per heavy atom. The SMILES string of the molecule is CCCn1c(C(=O)N2CCCC(COC)(C(=O)O)C2)cc2ccccc21. The molecular formula is C20H26N2O4. The van der Waals surface area contributed by atoms with E-state index >= 15 is 0 Å². The highest BCUT2D eigenvalue weighted by atomic mass is 16.5. The van der Waals surface area contributed by atoms with Crippen molar-refractivity contribution in [3.8, 4) is 0 Å². The van der Waals surface area contributed by atoms with Gasteiger partial charge in [-0.25, -0.2) is 0 Å². The molecule has 2 heterocycles. The van der Waals surface area contributed by atoms with E-state index in [1.165, 1.54) is 7.11 Å². The van der Waals surface area contributed by atoms with E-state index in [0.717, 1.165) is 23.9 Å². The van der Waals surface area contributed by atoms with Crippen LogP contribution in [-0.2, 0) is 16.1 Å². The predicted octanol–water partition coefficient (Wildman–Crippen LogP) is 3.00. The molecule has 1 amide bonds. The summed E-state index contributed by atoms with van der Waals surface area (Å²) in [6.07, 6.45) is 2.11. The average Bonchev–Trinajstić information content (AvgIpc) is 3.00. The molecular weight excluding hydrogens is 332 g/mol. The predicted molar refractivity (Wildman–Crippen MR) is 99.3 cm³/mol. The van der Waals surface area contributed by atoms with Crippen LogP contribution in [0.5, 0.6) is 0 Å². The molecule has 26 heavy (non-hydrogen) atoms. The Bertz CT molecular complexity index is 809. The number of hydrogen-bond donors (Lipinski definition) is 1. The topological polar surface area (TPSA) is 71.8 Å². The minimum Gasteiger partial charge on any atom is -0.481 e. The van der Waals surface area contributed by atoms with Crippen molar-refractivity contribution in [3.63, 3.8) is 0 Å². The number of carbonyl (C=O) groups excluding carboxylic acids is 1. The third-order valence-corrected chi connectivity index (χ3v) is 5.22. The zero-order chi connectivity index (χ0) is 18.7. The Morgan fingerprint density at radius 3 is 2.77 bits per heavy atom. The van der Waals surface area contributed by atoms with Crippen molar-refractivity contribution in [1.82, 2.24) is 9.47 Å². The maximum Gasteiger partial charge on any atom is 0.313 e. The van der Waals surface area contributed by atoms with E-state index in [1.807, 2.05) is 34.9 Å². The summed E-state index contributed by atoms with van der Waals surface area (Å²) in [6.45, 7) is 3.71. The molecule has 0 saturated carbocycles. The highest BCUT2D eigenvalue weighted by molar-refractivity contribution is 5.99. The van der Waals surface area contributed by atoms with Crippen LogP contribution in [0.3, 0.4) is 0 Å². The molecule has 1 atom stereocenters. The van der Waals surface area contributed by atoms with Crippen LogP contribution in [-0.4, -0.2) is 53.3 Å². The van der Waals surface area contributed by atoms with Gasteiger partial charge in [0.2, 0.25) is 0 Å². The molecule has 1 aromatic heterocycles. The second kappa shape index (κ2) is 7.50. The fraction of sp³-hybridized carbons (Fsp3) is 0.500. The van der Waals surface area contributed by atoms with Gasteiger partial charge in [-0.2, -0.15) is 0 Å². The number of para-hydroxylation sites is 1. The van der Waals surface area contributed by atoms with E-state index in [9.17, 15) is 14.7 Å². The smallest absolute Gasteiger partial charge is 0.313 e. The van der Waals surface area contributed by atoms with Crippen LogP contribution in [0.15, 0.2) is 30.3 Å². The van der Waals surface area contributed by atoms with E-state index in [4.69, 9.17) is 4.74 Å². The number of piperidine rings is 1. The second-order valence-electron chi connectivity index (χ2n) is 7.09. The summed E-state index contributed by atoms with van der Waals surface area (Å²) in [7, 11) is 1.50. The number of ether oxygens (including phenoxy) is 1. The van der Waals surface area contributed by atoms with Gasteiger partial charge in [0, 0.05) is 37.6 Å². The summed E-state index contributed by atoms with van der Waals surface area (Å²) in [5.41, 5.74) is 0.646. The summed E-state index contributed by atoms with van der Waals surface area (Å²) in [4.78, 5) is 26.8. The third-order valence-electron chi connectivity index (χ3n) is 5.22. The Morgan fingerprint density at radius 1 is 1.31 bits per heavy atom. The van der Waals surface area contributed by atoms with Gasteiger partial charge < -0.3 is 19.3 Å². The lowest BCUT2D eigenvalue weighted by atomic mass is 9.80. The number of fused-ring (bicyclic) bond motifs is 1. The Labute approximate surface area is 153 Å². The summed E-state index contributed by atoms with van der Waals surface area (Å²) in [6, 6.07) is 9.87. The van der Waals surface area contributed by atoms with Crippen LogP contribution in [0.2, 0.25) is 0 Å². The lowest BCUT2D eigenvalue weighted by Crippen LogP contribution is -2.52. The first kappa shape index (κ1) is 18.5. The summed E-state index contributed by atoms with van der Waals surface area (Å²) >= 11 is 0. The number of hydrogen-bond acceptors (Lipinski definition) is 3. The highest BCUT2D eigenvalue weighted by Crippen LogP contribution is 2.32. The Kier molecular flexibility index (Phi) is 5.32. The van der Waals surface area contributed by atoms with Gasteiger partial charge in [0.25, 0.3) is 5.91 Å². The molecule has 0 bridgehead atoms. The van der Waals surface area contributed by atoms with Crippen molar-refractivity contribution in [3.05, 3.63) is 36.0 Å². The zero-order valence-corrected chi connectivity index (χ0v) is 15.4. The van der Waals surface area contributed by atoms with Crippen LogP contribution in [0.1, 0.15) is 36.7 Å². The van der Waals surface area contributed by atoms with E-state index in [2.05, 4.69) is 6.92 Å². The number of carboxylic acid groups (broad SMARTS) is 1. The van der Waals surface area contributed by atoms with Crippen molar-refractivity contribution in [2.24, 2.45) is 5.41 Å². The minimum atomic E-state index is -1.02. The number of rotatable bonds is 6. The molecule has 1 saturated heterocycles. The molecule has 3 rings (SSSR count). The second-order valence-corrected chi connectivity index (χ2v) is 7.09. The maximum absolute atomic E-state index is 13.3. The number of aryl methyl sites for hydroxylation is 1. The molecule has 6 heteroatoms. The largest absolute Gasteiger partial charge is 0.481 e. The normalized spacial score (nSPS) is 20.5. The number of carbonyl (C=O) groups is 2. The van der Waals surface area contributed by atoms with Crippen LogP contribution in [0.25, 0.3) is 10.9 Å². The molecule has 6 nitrogen and oxygen atoms in total. The summed E-state index contributed by atoms with van der Waals surface area (Å²) in [5.74, 6) is -0.998. The Balaban J connectivity index is 1.95. The van der Waals surface area contributed by atoms with Crippen molar-refractivity contribution >= 4 is 22.8 Å². The van der Waals surface area contributed by atoms with Gasteiger partial charge in [-0.05, 0) is 31.4 Å². The molecule has 2 aromatic rings. The lowest BCUT2D eigenvalue weighted by molar-refractivity contribution is -0.155. The monoisotopic (exact) mass is 358 g/mol. The van der Waals surface area contributed by atoms with E-state index < -0.39 is 11.4 Å². The van der Waals surface area contributed by atoms with Gasteiger partial charge in [-0.3, -0.25) is 9.59 Å². The van der Waals surface area contributed by atoms with Crippen molar-refractivity contribution in [2.75, 3.05) is 26.8 Å². The van der Waals surface area contributed by atoms with Gasteiger partial charge in [0.05, 0.1) is 6.61 Å². The van der Waals surface area contributed by atoms with Gasteiger partial charge in [0.15, 0.2) is 0 Å². The highest BCUT2D eigenvalue weighted by Gasteiger charge is 2.44. The van der Waals surface area contributed by atoms with Gasteiger partial charge >= 0.3 is 5.97 Å². The molecule has 140 valence electrons. The molecule has 0 spiro atoms. The number of nitrogens with zero attached hydrogens (tertiary/aromatic N) is 2. The number of aliphatic carboxylic acids is 1. The van der Waals surface area contributed by atoms with Gasteiger partial charge in [-0.1, -0.05) is 25.1 Å².